The Hall–Kier alpha value is -1.88. The summed E-state index contributed by atoms with van der Waals surface area (Å²) in [6.45, 7) is 1.99. The molecule has 0 saturated carbocycles. The molecule has 0 radical (unpaired) electrons. The lowest BCUT2D eigenvalue weighted by Gasteiger charge is -2.15. The zero-order valence-corrected chi connectivity index (χ0v) is 10.3. The minimum absolute atomic E-state index is 0.00459. The number of nitro groups is 1. The maximum Gasteiger partial charge on any atom is 0.310 e. The summed E-state index contributed by atoms with van der Waals surface area (Å²) < 4.78 is 5.05. The first-order chi connectivity index (χ1) is 8.70. The fourth-order valence-electron chi connectivity index (χ4n) is 2.06. The minimum atomic E-state index is -0.430. The predicted molar refractivity (Wildman–Crippen MR) is 69.7 cm³/mol. The van der Waals surface area contributed by atoms with Crippen LogP contribution in [-0.2, 0) is 0 Å². The average Bonchev–Trinajstić information content (AvgIpc) is 2.39. The van der Waals surface area contributed by atoms with Crippen molar-refractivity contribution in [2.45, 2.75) is 12.8 Å². The van der Waals surface area contributed by atoms with Gasteiger partial charge in [0.1, 0.15) is 0 Å². The van der Waals surface area contributed by atoms with Gasteiger partial charge in [-0.25, -0.2) is 0 Å². The third-order valence-electron chi connectivity index (χ3n) is 3.02. The third-order valence-corrected chi connectivity index (χ3v) is 3.02. The normalized spacial score (nSPS) is 15.3. The Kier molecular flexibility index (Phi) is 3.94. The van der Waals surface area contributed by atoms with Gasteiger partial charge < -0.3 is 10.1 Å². The second kappa shape index (κ2) is 5.64. The van der Waals surface area contributed by atoms with E-state index < -0.39 is 4.92 Å². The van der Waals surface area contributed by atoms with Gasteiger partial charge in [0.2, 0.25) is 0 Å². The molecule has 0 atom stereocenters. The van der Waals surface area contributed by atoms with E-state index in [9.17, 15) is 10.1 Å². The molecule has 1 heterocycles. The fourth-order valence-corrected chi connectivity index (χ4v) is 2.06. The van der Waals surface area contributed by atoms with Crippen LogP contribution in [0.5, 0.6) is 5.75 Å². The van der Waals surface area contributed by atoms with Crippen molar-refractivity contribution in [2.24, 2.45) is 0 Å². The van der Waals surface area contributed by atoms with Crippen LogP contribution in [0.3, 0.4) is 0 Å². The van der Waals surface area contributed by atoms with Gasteiger partial charge in [-0.1, -0.05) is 11.6 Å². The van der Waals surface area contributed by atoms with Gasteiger partial charge in [-0.15, -0.1) is 0 Å². The van der Waals surface area contributed by atoms with E-state index in [1.807, 2.05) is 0 Å². The van der Waals surface area contributed by atoms with Crippen LogP contribution in [0.4, 0.5) is 5.69 Å². The molecule has 1 aliphatic heterocycles. The molecule has 0 amide bonds. The van der Waals surface area contributed by atoms with Crippen LogP contribution >= 0.6 is 0 Å². The number of piperidine rings is 1. The SMILES string of the molecule is COc1cc(C=C2CCNCC2)ccc1[N+](=O)[O-]. The number of methoxy groups -OCH3 is 1. The standard InChI is InChI=1S/C13H16N2O3/c1-18-13-9-11(2-3-12(13)15(16)17)8-10-4-6-14-7-5-10/h2-3,8-9,14H,4-7H2,1H3. The smallest absolute Gasteiger partial charge is 0.310 e. The van der Waals surface area contributed by atoms with Crippen LogP contribution in [0.2, 0.25) is 0 Å². The Balaban J connectivity index is 2.26. The molecule has 0 bridgehead atoms. The van der Waals surface area contributed by atoms with E-state index in [2.05, 4.69) is 11.4 Å². The van der Waals surface area contributed by atoms with Crippen LogP contribution in [0, 0.1) is 10.1 Å². The molecule has 1 N–H and O–H groups in total. The molecule has 96 valence electrons. The van der Waals surface area contributed by atoms with Gasteiger partial charge in [0.25, 0.3) is 0 Å². The topological polar surface area (TPSA) is 64.4 Å². The van der Waals surface area contributed by atoms with Crippen molar-refractivity contribution >= 4 is 11.8 Å². The molecule has 2 rings (SSSR count). The van der Waals surface area contributed by atoms with Crippen LogP contribution in [0.1, 0.15) is 18.4 Å². The van der Waals surface area contributed by atoms with Gasteiger partial charge in [-0.2, -0.15) is 0 Å². The fraction of sp³-hybridized carbons (Fsp3) is 0.385. The maximum absolute atomic E-state index is 10.8. The number of ether oxygens (including phenoxy) is 1. The highest BCUT2D eigenvalue weighted by Gasteiger charge is 2.14. The number of benzene rings is 1. The van der Waals surface area contributed by atoms with Crippen LogP contribution < -0.4 is 10.1 Å². The van der Waals surface area contributed by atoms with Gasteiger partial charge >= 0.3 is 5.69 Å². The number of nitrogens with zero attached hydrogens (tertiary/aromatic N) is 1. The summed E-state index contributed by atoms with van der Waals surface area (Å²) in [7, 11) is 1.45. The first kappa shape index (κ1) is 12.6. The summed E-state index contributed by atoms with van der Waals surface area (Å²) in [5, 5.41) is 14.1. The van der Waals surface area contributed by atoms with E-state index in [-0.39, 0.29) is 5.69 Å². The molecule has 0 unspecified atom stereocenters. The Morgan fingerprint density at radius 3 is 2.72 bits per heavy atom. The summed E-state index contributed by atoms with van der Waals surface area (Å²) in [5.41, 5.74) is 2.32. The van der Waals surface area contributed by atoms with Crippen molar-refractivity contribution in [1.82, 2.24) is 5.32 Å². The molecule has 1 fully saturated rings. The molecule has 0 spiro atoms. The molecular formula is C13H16N2O3. The molecule has 0 aromatic heterocycles. The van der Waals surface area contributed by atoms with Crippen LogP contribution in [0.15, 0.2) is 23.8 Å². The van der Waals surface area contributed by atoms with Gasteiger partial charge in [0.15, 0.2) is 5.75 Å². The van der Waals surface area contributed by atoms with E-state index in [0.717, 1.165) is 31.5 Å². The first-order valence-corrected chi connectivity index (χ1v) is 5.93. The third kappa shape index (κ3) is 2.87. The van der Waals surface area contributed by atoms with Crippen molar-refractivity contribution in [3.05, 3.63) is 39.4 Å². The monoisotopic (exact) mass is 248 g/mol. The largest absolute Gasteiger partial charge is 0.490 e. The molecule has 18 heavy (non-hydrogen) atoms. The van der Waals surface area contributed by atoms with E-state index in [0.29, 0.717) is 5.75 Å². The molecule has 5 heteroatoms. The molecule has 1 aliphatic rings. The van der Waals surface area contributed by atoms with Gasteiger partial charge in [0, 0.05) is 6.07 Å². The first-order valence-electron chi connectivity index (χ1n) is 5.93. The molecular weight excluding hydrogens is 232 g/mol. The Labute approximate surface area is 106 Å². The minimum Gasteiger partial charge on any atom is -0.490 e. The van der Waals surface area contributed by atoms with Crippen molar-refractivity contribution in [3.63, 3.8) is 0 Å². The molecule has 1 aromatic carbocycles. The second-order valence-electron chi connectivity index (χ2n) is 4.24. The number of nitro benzene ring substituents is 1. The molecule has 0 aliphatic carbocycles. The summed E-state index contributed by atoms with van der Waals surface area (Å²) in [4.78, 5) is 10.4. The van der Waals surface area contributed by atoms with Crippen molar-refractivity contribution in [3.8, 4) is 5.75 Å². The number of hydrogen-bond donors (Lipinski definition) is 1. The summed E-state index contributed by atoms with van der Waals surface area (Å²) in [6.07, 6.45) is 4.14. The number of nitrogens with one attached hydrogen (secondary N) is 1. The van der Waals surface area contributed by atoms with Gasteiger partial charge in [0.05, 0.1) is 12.0 Å². The molecule has 1 aromatic rings. The number of hydrogen-bond acceptors (Lipinski definition) is 4. The van der Waals surface area contributed by atoms with E-state index in [1.54, 1.807) is 12.1 Å². The predicted octanol–water partition coefficient (Wildman–Crippen LogP) is 2.37. The van der Waals surface area contributed by atoms with Gasteiger partial charge in [-0.3, -0.25) is 10.1 Å². The Bertz CT molecular complexity index is 475. The zero-order chi connectivity index (χ0) is 13.0. The van der Waals surface area contributed by atoms with Crippen LogP contribution in [-0.4, -0.2) is 25.1 Å². The second-order valence-corrected chi connectivity index (χ2v) is 4.24. The van der Waals surface area contributed by atoms with E-state index in [1.165, 1.54) is 18.7 Å². The highest BCUT2D eigenvalue weighted by molar-refractivity contribution is 5.60. The van der Waals surface area contributed by atoms with E-state index in [4.69, 9.17) is 4.74 Å². The quantitative estimate of drug-likeness (QED) is 0.658. The Morgan fingerprint density at radius 2 is 2.11 bits per heavy atom. The van der Waals surface area contributed by atoms with E-state index >= 15 is 0 Å². The zero-order valence-electron chi connectivity index (χ0n) is 10.3. The Morgan fingerprint density at radius 1 is 1.39 bits per heavy atom. The molecule has 1 saturated heterocycles. The lowest BCUT2D eigenvalue weighted by Crippen LogP contribution is -2.22. The highest BCUT2D eigenvalue weighted by Crippen LogP contribution is 2.29. The average molecular weight is 248 g/mol. The lowest BCUT2D eigenvalue weighted by atomic mass is 10.0. The van der Waals surface area contributed by atoms with Crippen molar-refractivity contribution in [1.29, 1.82) is 0 Å². The van der Waals surface area contributed by atoms with Crippen LogP contribution in [0.25, 0.3) is 6.08 Å². The summed E-state index contributed by atoms with van der Waals surface area (Å²) in [6, 6.07) is 4.97. The van der Waals surface area contributed by atoms with Crippen molar-refractivity contribution in [2.75, 3.05) is 20.2 Å². The molecule has 5 nitrogen and oxygen atoms in total. The van der Waals surface area contributed by atoms with Crippen molar-refractivity contribution < 1.29 is 9.66 Å². The number of rotatable bonds is 3. The summed E-state index contributed by atoms with van der Waals surface area (Å²) in [5.74, 6) is 0.309. The maximum atomic E-state index is 10.8. The highest BCUT2D eigenvalue weighted by atomic mass is 16.6. The summed E-state index contributed by atoms with van der Waals surface area (Å²) >= 11 is 0. The van der Waals surface area contributed by atoms with Gasteiger partial charge in [-0.05, 0) is 43.6 Å². The lowest BCUT2D eigenvalue weighted by molar-refractivity contribution is -0.385.